The average Bonchev–Trinajstić information content (AvgIpc) is 2.52. The molecular formula is C17H29NO2. The summed E-state index contributed by atoms with van der Waals surface area (Å²) in [6.07, 6.45) is 3.05. The molecule has 0 heterocycles. The first-order chi connectivity index (χ1) is 9.67. The van der Waals surface area contributed by atoms with Crippen molar-refractivity contribution in [3.05, 3.63) is 29.8 Å². The quantitative estimate of drug-likeness (QED) is 0.742. The van der Waals surface area contributed by atoms with Crippen molar-refractivity contribution in [2.24, 2.45) is 0 Å². The Hall–Kier alpha value is -1.06. The van der Waals surface area contributed by atoms with Crippen molar-refractivity contribution in [2.75, 3.05) is 20.8 Å². The minimum absolute atomic E-state index is 0.178. The maximum absolute atomic E-state index is 5.92. The predicted octanol–water partition coefficient (Wildman–Crippen LogP) is 3.94. The summed E-state index contributed by atoms with van der Waals surface area (Å²) < 4.78 is 11.3. The van der Waals surface area contributed by atoms with Gasteiger partial charge in [-0.2, -0.15) is 0 Å². The van der Waals surface area contributed by atoms with E-state index in [1.54, 1.807) is 7.11 Å². The van der Waals surface area contributed by atoms with Crippen molar-refractivity contribution in [1.82, 2.24) is 5.32 Å². The zero-order valence-electron chi connectivity index (χ0n) is 13.5. The molecular weight excluding hydrogens is 250 g/mol. The molecule has 20 heavy (non-hydrogen) atoms. The highest BCUT2D eigenvalue weighted by atomic mass is 16.5. The van der Waals surface area contributed by atoms with Crippen molar-refractivity contribution in [3.8, 4) is 5.75 Å². The van der Waals surface area contributed by atoms with Crippen molar-refractivity contribution in [1.29, 1.82) is 0 Å². The zero-order chi connectivity index (χ0) is 15.0. The summed E-state index contributed by atoms with van der Waals surface area (Å²) in [4.78, 5) is 0. The van der Waals surface area contributed by atoms with Crippen molar-refractivity contribution < 1.29 is 9.47 Å². The second-order valence-electron chi connectivity index (χ2n) is 5.14. The molecule has 0 saturated carbocycles. The van der Waals surface area contributed by atoms with Gasteiger partial charge < -0.3 is 14.8 Å². The van der Waals surface area contributed by atoms with E-state index in [0.717, 1.165) is 31.6 Å². The van der Waals surface area contributed by atoms with Crippen LogP contribution in [-0.2, 0) is 4.74 Å². The molecule has 0 aliphatic heterocycles. The van der Waals surface area contributed by atoms with Crippen LogP contribution in [-0.4, -0.2) is 26.4 Å². The molecule has 1 atom stereocenters. The van der Waals surface area contributed by atoms with Crippen LogP contribution in [0.1, 0.15) is 51.6 Å². The lowest BCUT2D eigenvalue weighted by Crippen LogP contribution is -2.45. The van der Waals surface area contributed by atoms with Gasteiger partial charge in [0, 0.05) is 7.11 Å². The molecule has 3 nitrogen and oxygen atoms in total. The summed E-state index contributed by atoms with van der Waals surface area (Å²) in [6.45, 7) is 7.54. The molecule has 0 aliphatic rings. The third kappa shape index (κ3) is 3.74. The topological polar surface area (TPSA) is 30.5 Å². The van der Waals surface area contributed by atoms with Crippen LogP contribution < -0.4 is 10.1 Å². The van der Waals surface area contributed by atoms with E-state index in [4.69, 9.17) is 9.47 Å². The van der Waals surface area contributed by atoms with Gasteiger partial charge in [0.2, 0.25) is 0 Å². The number of benzene rings is 1. The van der Waals surface area contributed by atoms with Gasteiger partial charge in [0.1, 0.15) is 5.75 Å². The van der Waals surface area contributed by atoms with Crippen LogP contribution in [0.25, 0.3) is 0 Å². The molecule has 1 N–H and O–H groups in total. The molecule has 0 aliphatic carbocycles. The van der Waals surface area contributed by atoms with E-state index in [-0.39, 0.29) is 11.6 Å². The van der Waals surface area contributed by atoms with Crippen LogP contribution >= 0.6 is 0 Å². The van der Waals surface area contributed by atoms with Gasteiger partial charge in [-0.05, 0) is 43.5 Å². The Morgan fingerprint density at radius 2 is 1.85 bits per heavy atom. The summed E-state index contributed by atoms with van der Waals surface area (Å²) in [7, 11) is 3.52. The first kappa shape index (κ1) is 17.0. The minimum atomic E-state index is -0.179. The maximum atomic E-state index is 5.92. The monoisotopic (exact) mass is 279 g/mol. The normalized spacial score (nSPS) is 13.2. The van der Waals surface area contributed by atoms with Gasteiger partial charge in [0.15, 0.2) is 0 Å². The van der Waals surface area contributed by atoms with Crippen molar-refractivity contribution in [2.45, 2.75) is 51.7 Å². The Morgan fingerprint density at radius 3 is 2.35 bits per heavy atom. The van der Waals surface area contributed by atoms with Crippen LogP contribution in [0.3, 0.4) is 0 Å². The standard InChI is InChI=1S/C17H29NO2/c1-6-12-18-16(17(7-2,8-3)20-5)14-10-9-11-15(13-14)19-4/h9-11,13,16,18H,6-8,12H2,1-5H3. The fraction of sp³-hybridized carbons (Fsp3) is 0.647. The largest absolute Gasteiger partial charge is 0.497 e. The van der Waals surface area contributed by atoms with Crippen LogP contribution in [0.5, 0.6) is 5.75 Å². The lowest BCUT2D eigenvalue weighted by atomic mass is 9.83. The molecule has 1 aromatic rings. The van der Waals surface area contributed by atoms with Gasteiger partial charge in [-0.3, -0.25) is 0 Å². The Balaban J connectivity index is 3.15. The summed E-state index contributed by atoms with van der Waals surface area (Å²) >= 11 is 0. The van der Waals surface area contributed by atoms with Crippen LogP contribution in [0.15, 0.2) is 24.3 Å². The van der Waals surface area contributed by atoms with Crippen molar-refractivity contribution in [3.63, 3.8) is 0 Å². The van der Waals surface area contributed by atoms with E-state index in [1.807, 2.05) is 19.2 Å². The number of nitrogens with one attached hydrogen (secondary N) is 1. The Kier molecular flexibility index (Phi) is 7.03. The Morgan fingerprint density at radius 1 is 1.15 bits per heavy atom. The SMILES string of the molecule is CCCNC(c1cccc(OC)c1)C(CC)(CC)OC. The minimum Gasteiger partial charge on any atom is -0.497 e. The van der Waals surface area contributed by atoms with Gasteiger partial charge in [0.25, 0.3) is 0 Å². The van der Waals surface area contributed by atoms with Gasteiger partial charge >= 0.3 is 0 Å². The van der Waals surface area contributed by atoms with E-state index in [9.17, 15) is 0 Å². The summed E-state index contributed by atoms with van der Waals surface area (Å²) in [6, 6.07) is 8.45. The van der Waals surface area contributed by atoms with E-state index in [0.29, 0.717) is 0 Å². The molecule has 1 unspecified atom stereocenters. The van der Waals surface area contributed by atoms with E-state index in [2.05, 4.69) is 38.2 Å². The number of hydrogen-bond acceptors (Lipinski definition) is 3. The molecule has 3 heteroatoms. The summed E-state index contributed by atoms with van der Waals surface area (Å²) in [5.74, 6) is 0.892. The highest BCUT2D eigenvalue weighted by molar-refractivity contribution is 5.32. The van der Waals surface area contributed by atoms with E-state index >= 15 is 0 Å². The van der Waals surface area contributed by atoms with Crippen molar-refractivity contribution >= 4 is 0 Å². The highest BCUT2D eigenvalue weighted by Crippen LogP contribution is 2.36. The Labute approximate surface area is 123 Å². The van der Waals surface area contributed by atoms with Gasteiger partial charge in [0.05, 0.1) is 18.8 Å². The second-order valence-corrected chi connectivity index (χ2v) is 5.14. The number of methoxy groups -OCH3 is 2. The van der Waals surface area contributed by atoms with E-state index < -0.39 is 0 Å². The van der Waals surface area contributed by atoms with Crippen LogP contribution in [0.4, 0.5) is 0 Å². The molecule has 114 valence electrons. The number of rotatable bonds is 9. The third-order valence-corrected chi connectivity index (χ3v) is 4.16. The van der Waals surface area contributed by atoms with Crippen LogP contribution in [0.2, 0.25) is 0 Å². The number of ether oxygens (including phenoxy) is 2. The van der Waals surface area contributed by atoms with Gasteiger partial charge in [-0.25, -0.2) is 0 Å². The van der Waals surface area contributed by atoms with E-state index in [1.165, 1.54) is 5.56 Å². The highest BCUT2D eigenvalue weighted by Gasteiger charge is 2.36. The van der Waals surface area contributed by atoms with Crippen LogP contribution in [0, 0.1) is 0 Å². The fourth-order valence-corrected chi connectivity index (χ4v) is 2.78. The molecule has 0 fully saturated rings. The second kappa shape index (κ2) is 8.28. The first-order valence-corrected chi connectivity index (χ1v) is 7.59. The molecule has 1 aromatic carbocycles. The molecule has 0 bridgehead atoms. The van der Waals surface area contributed by atoms with Gasteiger partial charge in [-0.1, -0.05) is 32.9 Å². The average molecular weight is 279 g/mol. The first-order valence-electron chi connectivity index (χ1n) is 7.59. The zero-order valence-corrected chi connectivity index (χ0v) is 13.5. The molecule has 1 rings (SSSR count). The molecule has 0 saturated heterocycles. The lowest BCUT2D eigenvalue weighted by molar-refractivity contribution is -0.0485. The molecule has 0 radical (unpaired) electrons. The van der Waals surface area contributed by atoms with Gasteiger partial charge in [-0.15, -0.1) is 0 Å². The fourth-order valence-electron chi connectivity index (χ4n) is 2.78. The smallest absolute Gasteiger partial charge is 0.119 e. The molecule has 0 aromatic heterocycles. The Bertz CT molecular complexity index is 380. The lowest BCUT2D eigenvalue weighted by Gasteiger charge is -2.39. The molecule has 0 spiro atoms. The summed E-state index contributed by atoms with van der Waals surface area (Å²) in [5.41, 5.74) is 1.05. The number of hydrogen-bond donors (Lipinski definition) is 1. The molecule has 0 amide bonds. The maximum Gasteiger partial charge on any atom is 0.119 e. The summed E-state index contributed by atoms with van der Waals surface area (Å²) in [5, 5.41) is 3.65. The predicted molar refractivity (Wildman–Crippen MR) is 84.4 cm³/mol. The third-order valence-electron chi connectivity index (χ3n) is 4.16.